The standard InChI is InChI=1S/C16H21ClN2/c1-3-19-9-8-14(12-19)11-18-13(2)10-15-6-4-5-7-16(15)17/h4-9,12-13,18H,3,10-11H2,1-2H3. The molecule has 2 nitrogen and oxygen atoms in total. The van der Waals surface area contributed by atoms with Gasteiger partial charge in [-0.3, -0.25) is 0 Å². The first-order chi connectivity index (χ1) is 9.19. The zero-order valence-corrected chi connectivity index (χ0v) is 12.3. The van der Waals surface area contributed by atoms with Crippen LogP contribution in [0.4, 0.5) is 0 Å². The van der Waals surface area contributed by atoms with E-state index in [-0.39, 0.29) is 0 Å². The van der Waals surface area contributed by atoms with Gasteiger partial charge in [0.25, 0.3) is 0 Å². The molecule has 0 saturated heterocycles. The second kappa shape index (κ2) is 6.78. The van der Waals surface area contributed by atoms with Gasteiger partial charge in [0.15, 0.2) is 0 Å². The van der Waals surface area contributed by atoms with E-state index in [9.17, 15) is 0 Å². The maximum absolute atomic E-state index is 6.18. The number of aromatic nitrogens is 1. The van der Waals surface area contributed by atoms with Crippen molar-refractivity contribution in [1.82, 2.24) is 9.88 Å². The molecule has 1 atom stereocenters. The van der Waals surface area contributed by atoms with Crippen LogP contribution < -0.4 is 5.32 Å². The van der Waals surface area contributed by atoms with Crippen molar-refractivity contribution in [2.75, 3.05) is 0 Å². The molecule has 2 aromatic rings. The van der Waals surface area contributed by atoms with E-state index in [0.29, 0.717) is 6.04 Å². The Morgan fingerprint density at radius 1 is 1.26 bits per heavy atom. The first-order valence-electron chi connectivity index (χ1n) is 6.80. The highest BCUT2D eigenvalue weighted by Gasteiger charge is 2.06. The monoisotopic (exact) mass is 276 g/mol. The Labute approximate surface area is 120 Å². The predicted molar refractivity (Wildman–Crippen MR) is 81.6 cm³/mol. The lowest BCUT2D eigenvalue weighted by Crippen LogP contribution is -2.27. The molecule has 0 saturated carbocycles. The van der Waals surface area contributed by atoms with Crippen LogP contribution in [-0.2, 0) is 19.5 Å². The van der Waals surface area contributed by atoms with Gasteiger partial charge in [-0.05, 0) is 43.5 Å². The smallest absolute Gasteiger partial charge is 0.0438 e. The Kier molecular flexibility index (Phi) is 5.06. The molecule has 0 aliphatic rings. The number of nitrogens with zero attached hydrogens (tertiary/aromatic N) is 1. The van der Waals surface area contributed by atoms with Crippen LogP contribution in [0.1, 0.15) is 25.0 Å². The average molecular weight is 277 g/mol. The van der Waals surface area contributed by atoms with E-state index in [0.717, 1.165) is 24.5 Å². The lowest BCUT2D eigenvalue weighted by Gasteiger charge is -2.14. The first-order valence-corrected chi connectivity index (χ1v) is 7.18. The minimum absolute atomic E-state index is 0.407. The maximum Gasteiger partial charge on any atom is 0.0438 e. The number of hydrogen-bond acceptors (Lipinski definition) is 1. The quantitative estimate of drug-likeness (QED) is 0.847. The van der Waals surface area contributed by atoms with Crippen LogP contribution in [0.15, 0.2) is 42.7 Å². The number of hydrogen-bond donors (Lipinski definition) is 1. The van der Waals surface area contributed by atoms with E-state index in [1.165, 1.54) is 11.1 Å². The molecule has 1 aromatic carbocycles. The summed E-state index contributed by atoms with van der Waals surface area (Å²) < 4.78 is 2.19. The van der Waals surface area contributed by atoms with E-state index < -0.39 is 0 Å². The molecule has 0 fully saturated rings. The van der Waals surface area contributed by atoms with Gasteiger partial charge in [-0.15, -0.1) is 0 Å². The van der Waals surface area contributed by atoms with Crippen LogP contribution >= 0.6 is 11.6 Å². The second-order valence-corrected chi connectivity index (χ2v) is 5.33. The fourth-order valence-electron chi connectivity index (χ4n) is 2.15. The van der Waals surface area contributed by atoms with Crippen LogP contribution in [0.25, 0.3) is 0 Å². The minimum atomic E-state index is 0.407. The van der Waals surface area contributed by atoms with Crippen molar-refractivity contribution in [2.24, 2.45) is 0 Å². The largest absolute Gasteiger partial charge is 0.354 e. The van der Waals surface area contributed by atoms with Crippen molar-refractivity contribution < 1.29 is 0 Å². The third-order valence-electron chi connectivity index (χ3n) is 3.32. The summed E-state index contributed by atoms with van der Waals surface area (Å²) in [6, 6.07) is 10.6. The highest BCUT2D eigenvalue weighted by molar-refractivity contribution is 6.31. The SMILES string of the molecule is CCn1ccc(CNC(C)Cc2ccccc2Cl)c1. The maximum atomic E-state index is 6.18. The summed E-state index contributed by atoms with van der Waals surface area (Å²) in [4.78, 5) is 0. The second-order valence-electron chi connectivity index (χ2n) is 4.93. The molecule has 0 amide bonds. The van der Waals surface area contributed by atoms with Gasteiger partial charge < -0.3 is 9.88 Å². The Bertz CT molecular complexity index is 519. The molecular weight excluding hydrogens is 256 g/mol. The van der Waals surface area contributed by atoms with Crippen LogP contribution in [-0.4, -0.2) is 10.6 Å². The Morgan fingerprint density at radius 3 is 2.74 bits per heavy atom. The van der Waals surface area contributed by atoms with Crippen molar-refractivity contribution in [1.29, 1.82) is 0 Å². The molecule has 0 bridgehead atoms. The van der Waals surface area contributed by atoms with Crippen molar-refractivity contribution in [2.45, 2.75) is 39.4 Å². The number of nitrogens with one attached hydrogen (secondary N) is 1. The Hall–Kier alpha value is -1.25. The highest BCUT2D eigenvalue weighted by Crippen LogP contribution is 2.16. The number of rotatable bonds is 6. The Morgan fingerprint density at radius 2 is 2.05 bits per heavy atom. The molecule has 0 aliphatic heterocycles. The summed E-state index contributed by atoms with van der Waals surface area (Å²) in [6.07, 6.45) is 5.26. The predicted octanol–water partition coefficient (Wildman–Crippen LogP) is 3.88. The molecular formula is C16H21ClN2. The van der Waals surface area contributed by atoms with Gasteiger partial charge in [-0.1, -0.05) is 29.8 Å². The van der Waals surface area contributed by atoms with Gasteiger partial charge in [0.1, 0.15) is 0 Å². The van der Waals surface area contributed by atoms with Crippen LogP contribution in [0.2, 0.25) is 5.02 Å². The van der Waals surface area contributed by atoms with Gasteiger partial charge in [-0.2, -0.15) is 0 Å². The summed E-state index contributed by atoms with van der Waals surface area (Å²) in [5.74, 6) is 0. The van der Waals surface area contributed by atoms with Crippen molar-refractivity contribution in [3.05, 3.63) is 58.9 Å². The molecule has 102 valence electrons. The molecule has 1 N–H and O–H groups in total. The zero-order valence-electron chi connectivity index (χ0n) is 11.6. The summed E-state index contributed by atoms with van der Waals surface area (Å²) in [5.41, 5.74) is 2.53. The lowest BCUT2D eigenvalue weighted by atomic mass is 10.1. The van der Waals surface area contributed by atoms with E-state index in [1.54, 1.807) is 0 Å². The molecule has 19 heavy (non-hydrogen) atoms. The molecule has 1 heterocycles. The molecule has 0 aliphatic carbocycles. The highest BCUT2D eigenvalue weighted by atomic mass is 35.5. The average Bonchev–Trinajstić information content (AvgIpc) is 2.87. The third-order valence-corrected chi connectivity index (χ3v) is 3.68. The van der Waals surface area contributed by atoms with Crippen molar-refractivity contribution in [3.63, 3.8) is 0 Å². The van der Waals surface area contributed by atoms with Gasteiger partial charge in [0, 0.05) is 36.5 Å². The number of aryl methyl sites for hydroxylation is 1. The van der Waals surface area contributed by atoms with Gasteiger partial charge >= 0.3 is 0 Å². The number of halogens is 1. The molecule has 0 spiro atoms. The van der Waals surface area contributed by atoms with E-state index >= 15 is 0 Å². The molecule has 1 unspecified atom stereocenters. The zero-order chi connectivity index (χ0) is 13.7. The van der Waals surface area contributed by atoms with E-state index in [4.69, 9.17) is 11.6 Å². The first kappa shape index (κ1) is 14.2. The molecule has 0 radical (unpaired) electrons. The van der Waals surface area contributed by atoms with Gasteiger partial charge in [0.05, 0.1) is 0 Å². The van der Waals surface area contributed by atoms with E-state index in [2.05, 4.69) is 48.3 Å². The molecule has 2 rings (SSSR count). The summed E-state index contributed by atoms with van der Waals surface area (Å²) in [5, 5.41) is 4.39. The summed E-state index contributed by atoms with van der Waals surface area (Å²) >= 11 is 6.18. The van der Waals surface area contributed by atoms with Crippen molar-refractivity contribution >= 4 is 11.6 Å². The minimum Gasteiger partial charge on any atom is -0.354 e. The van der Waals surface area contributed by atoms with E-state index in [1.807, 2.05) is 18.2 Å². The number of benzene rings is 1. The van der Waals surface area contributed by atoms with Gasteiger partial charge in [0.2, 0.25) is 0 Å². The fourth-order valence-corrected chi connectivity index (χ4v) is 2.36. The van der Waals surface area contributed by atoms with Crippen molar-refractivity contribution in [3.8, 4) is 0 Å². The molecule has 1 aromatic heterocycles. The summed E-state index contributed by atoms with van der Waals surface area (Å²) in [6.45, 7) is 6.27. The van der Waals surface area contributed by atoms with Gasteiger partial charge in [-0.25, -0.2) is 0 Å². The molecule has 3 heteroatoms. The normalized spacial score (nSPS) is 12.6. The van der Waals surface area contributed by atoms with Crippen LogP contribution in [0, 0.1) is 0 Å². The van der Waals surface area contributed by atoms with Crippen LogP contribution in [0.3, 0.4) is 0 Å². The lowest BCUT2D eigenvalue weighted by molar-refractivity contribution is 0.545. The summed E-state index contributed by atoms with van der Waals surface area (Å²) in [7, 11) is 0. The van der Waals surface area contributed by atoms with Crippen LogP contribution in [0.5, 0.6) is 0 Å². The Balaban J connectivity index is 1.84. The third kappa shape index (κ3) is 4.12. The fraction of sp³-hybridized carbons (Fsp3) is 0.375. The topological polar surface area (TPSA) is 17.0 Å².